The van der Waals surface area contributed by atoms with Crippen LogP contribution in [0.2, 0.25) is 0 Å². The summed E-state index contributed by atoms with van der Waals surface area (Å²) >= 11 is 1.34. The number of carbonyl (C=O) groups is 1. The second-order valence-electron chi connectivity index (χ2n) is 7.29. The molecule has 8 heteroatoms. The molecule has 0 saturated carbocycles. The number of hydrogen-bond donors (Lipinski definition) is 1. The van der Waals surface area contributed by atoms with Gasteiger partial charge in [0.25, 0.3) is 5.91 Å². The summed E-state index contributed by atoms with van der Waals surface area (Å²) in [6, 6.07) is 7.00. The van der Waals surface area contributed by atoms with Gasteiger partial charge in [-0.15, -0.1) is 11.8 Å². The summed E-state index contributed by atoms with van der Waals surface area (Å²) in [5.74, 6) is 0.499. The SMILES string of the molecule is CSc1ccc(C(=O)N2C3CCC2CN(c2ncnc4[nH]ccc24)C3)cc1F. The number of H-pyrrole nitrogens is 1. The number of thioether (sulfide) groups is 1. The van der Waals surface area contributed by atoms with Crippen LogP contribution in [0.4, 0.5) is 10.2 Å². The Balaban J connectivity index is 1.41. The fraction of sp³-hybridized carbons (Fsp3) is 0.350. The summed E-state index contributed by atoms with van der Waals surface area (Å²) in [5, 5.41) is 0.997. The maximum atomic E-state index is 14.2. The van der Waals surface area contributed by atoms with Gasteiger partial charge >= 0.3 is 0 Å². The van der Waals surface area contributed by atoms with Gasteiger partial charge in [-0.1, -0.05) is 0 Å². The molecule has 1 N–H and O–H groups in total. The van der Waals surface area contributed by atoms with Crippen molar-refractivity contribution in [2.24, 2.45) is 0 Å². The Kier molecular flexibility index (Phi) is 4.23. The number of aromatic amines is 1. The van der Waals surface area contributed by atoms with Gasteiger partial charge in [0.05, 0.1) is 17.5 Å². The van der Waals surface area contributed by atoms with Crippen LogP contribution in [0.15, 0.2) is 41.7 Å². The topological polar surface area (TPSA) is 65.1 Å². The summed E-state index contributed by atoms with van der Waals surface area (Å²) in [6.07, 6.45) is 7.18. The lowest BCUT2D eigenvalue weighted by molar-refractivity contribution is 0.0640. The Morgan fingerprint density at radius 2 is 2.00 bits per heavy atom. The van der Waals surface area contributed by atoms with Crippen molar-refractivity contribution in [2.75, 3.05) is 24.2 Å². The standard InChI is InChI=1S/C20H20FN5OS/c1-28-17-5-2-12(8-16(17)21)20(27)26-13-3-4-14(26)10-25(9-13)19-15-6-7-22-18(15)23-11-24-19/h2,5-8,11,13-14H,3-4,9-10H2,1H3,(H,22,23,24). The molecule has 28 heavy (non-hydrogen) atoms. The van der Waals surface area contributed by atoms with E-state index < -0.39 is 0 Å². The zero-order valence-corrected chi connectivity index (χ0v) is 16.2. The van der Waals surface area contributed by atoms with Crippen molar-refractivity contribution in [1.82, 2.24) is 19.9 Å². The molecule has 4 heterocycles. The van der Waals surface area contributed by atoms with Crippen molar-refractivity contribution in [2.45, 2.75) is 29.8 Å². The van der Waals surface area contributed by atoms with E-state index in [1.54, 1.807) is 18.5 Å². The number of nitrogens with one attached hydrogen (secondary N) is 1. The molecule has 2 fully saturated rings. The lowest BCUT2D eigenvalue weighted by Crippen LogP contribution is -2.56. The Morgan fingerprint density at radius 3 is 2.71 bits per heavy atom. The van der Waals surface area contributed by atoms with Crippen LogP contribution in [0.5, 0.6) is 0 Å². The third-order valence-corrected chi connectivity index (χ3v) is 6.52. The average molecular weight is 397 g/mol. The molecule has 5 rings (SSSR count). The lowest BCUT2D eigenvalue weighted by atomic mass is 10.1. The predicted octanol–water partition coefficient (Wildman–Crippen LogP) is 3.31. The van der Waals surface area contributed by atoms with Crippen LogP contribution in [0.3, 0.4) is 0 Å². The van der Waals surface area contributed by atoms with Crippen molar-refractivity contribution >= 4 is 34.5 Å². The largest absolute Gasteiger partial charge is 0.352 e. The first kappa shape index (κ1) is 17.5. The number of benzene rings is 1. The van der Waals surface area contributed by atoms with Crippen molar-refractivity contribution < 1.29 is 9.18 Å². The highest BCUT2D eigenvalue weighted by Gasteiger charge is 2.43. The first-order valence-electron chi connectivity index (χ1n) is 9.35. The minimum absolute atomic E-state index is 0.0758. The minimum Gasteiger partial charge on any atom is -0.352 e. The summed E-state index contributed by atoms with van der Waals surface area (Å²) in [7, 11) is 0. The van der Waals surface area contributed by atoms with Crippen molar-refractivity contribution in [3.05, 3.63) is 48.2 Å². The highest BCUT2D eigenvalue weighted by Crippen LogP contribution is 2.35. The molecule has 2 aromatic heterocycles. The molecule has 2 unspecified atom stereocenters. The summed E-state index contributed by atoms with van der Waals surface area (Å²) in [5.41, 5.74) is 1.25. The van der Waals surface area contributed by atoms with Gasteiger partial charge in [0.1, 0.15) is 23.6 Å². The fourth-order valence-electron chi connectivity index (χ4n) is 4.47. The van der Waals surface area contributed by atoms with E-state index in [2.05, 4.69) is 19.9 Å². The van der Waals surface area contributed by atoms with E-state index in [0.717, 1.165) is 42.8 Å². The van der Waals surface area contributed by atoms with Crippen molar-refractivity contribution in [3.8, 4) is 0 Å². The zero-order chi connectivity index (χ0) is 19.3. The number of aromatic nitrogens is 3. The zero-order valence-electron chi connectivity index (χ0n) is 15.4. The molecule has 3 aromatic rings. The number of nitrogens with zero attached hydrogens (tertiary/aromatic N) is 4. The summed E-state index contributed by atoms with van der Waals surface area (Å²) < 4.78 is 14.2. The van der Waals surface area contributed by atoms with Gasteiger partial charge in [-0.3, -0.25) is 4.79 Å². The molecule has 1 amide bonds. The quantitative estimate of drug-likeness (QED) is 0.687. The van der Waals surface area contributed by atoms with E-state index in [9.17, 15) is 9.18 Å². The van der Waals surface area contributed by atoms with Crippen LogP contribution in [0, 0.1) is 5.82 Å². The molecular formula is C20H20FN5OS. The van der Waals surface area contributed by atoms with Gasteiger partial charge < -0.3 is 14.8 Å². The number of carbonyl (C=O) groups excluding carboxylic acids is 1. The maximum absolute atomic E-state index is 14.2. The van der Waals surface area contributed by atoms with Gasteiger partial charge in [0, 0.05) is 29.7 Å². The third kappa shape index (κ3) is 2.74. The Labute approximate surface area is 166 Å². The fourth-order valence-corrected chi connectivity index (χ4v) is 4.92. The Morgan fingerprint density at radius 1 is 1.21 bits per heavy atom. The Hall–Kier alpha value is -2.61. The highest BCUT2D eigenvalue weighted by molar-refractivity contribution is 7.98. The van der Waals surface area contributed by atoms with Crippen LogP contribution >= 0.6 is 11.8 Å². The summed E-state index contributed by atoms with van der Waals surface area (Å²) in [4.78, 5) is 29.8. The van der Waals surface area contributed by atoms with Crippen LogP contribution in [-0.2, 0) is 0 Å². The van der Waals surface area contributed by atoms with E-state index in [1.807, 2.05) is 23.4 Å². The number of anilines is 1. The molecular weight excluding hydrogens is 377 g/mol. The predicted molar refractivity (Wildman–Crippen MR) is 107 cm³/mol. The number of piperazine rings is 1. The molecule has 2 aliphatic rings. The number of fused-ring (bicyclic) bond motifs is 3. The minimum atomic E-state index is -0.333. The van der Waals surface area contributed by atoms with Crippen LogP contribution in [-0.4, -0.2) is 57.2 Å². The number of amides is 1. The highest BCUT2D eigenvalue weighted by atomic mass is 32.2. The molecule has 2 atom stereocenters. The van der Waals surface area contributed by atoms with Gasteiger partial charge in [0.15, 0.2) is 0 Å². The van der Waals surface area contributed by atoms with E-state index >= 15 is 0 Å². The van der Waals surface area contributed by atoms with E-state index in [4.69, 9.17) is 0 Å². The molecule has 0 spiro atoms. The van der Waals surface area contributed by atoms with E-state index in [0.29, 0.717) is 10.5 Å². The molecule has 2 aliphatic heterocycles. The van der Waals surface area contributed by atoms with Gasteiger partial charge in [0.2, 0.25) is 0 Å². The molecule has 1 aromatic carbocycles. The lowest BCUT2D eigenvalue weighted by Gasteiger charge is -2.41. The smallest absolute Gasteiger partial charge is 0.254 e. The van der Waals surface area contributed by atoms with Gasteiger partial charge in [-0.2, -0.15) is 0 Å². The molecule has 0 aliphatic carbocycles. The maximum Gasteiger partial charge on any atom is 0.254 e. The number of halogens is 1. The van der Waals surface area contributed by atoms with Crippen LogP contribution in [0.1, 0.15) is 23.2 Å². The molecule has 6 nitrogen and oxygen atoms in total. The van der Waals surface area contributed by atoms with Gasteiger partial charge in [-0.25, -0.2) is 14.4 Å². The van der Waals surface area contributed by atoms with E-state index in [1.165, 1.54) is 17.8 Å². The monoisotopic (exact) mass is 397 g/mol. The first-order valence-corrected chi connectivity index (χ1v) is 10.6. The van der Waals surface area contributed by atoms with Crippen LogP contribution in [0.25, 0.3) is 11.0 Å². The van der Waals surface area contributed by atoms with Crippen LogP contribution < -0.4 is 4.90 Å². The van der Waals surface area contributed by atoms with Crippen molar-refractivity contribution in [3.63, 3.8) is 0 Å². The number of rotatable bonds is 3. The summed E-state index contributed by atoms with van der Waals surface area (Å²) in [6.45, 7) is 1.45. The van der Waals surface area contributed by atoms with Gasteiger partial charge in [-0.05, 0) is 43.4 Å². The molecule has 144 valence electrons. The van der Waals surface area contributed by atoms with Crippen molar-refractivity contribution in [1.29, 1.82) is 0 Å². The molecule has 2 bridgehead atoms. The first-order chi connectivity index (χ1) is 13.7. The van der Waals surface area contributed by atoms with E-state index in [-0.39, 0.29) is 23.8 Å². The molecule has 2 saturated heterocycles. The number of hydrogen-bond acceptors (Lipinski definition) is 5. The average Bonchev–Trinajstić information content (AvgIpc) is 3.29. The second kappa shape index (κ2) is 6.77. The molecule has 0 radical (unpaired) electrons. The third-order valence-electron chi connectivity index (χ3n) is 5.75. The normalized spacial score (nSPS) is 21.5. The second-order valence-corrected chi connectivity index (χ2v) is 8.14. The Bertz CT molecular complexity index is 1040.